The van der Waals surface area contributed by atoms with Crippen molar-refractivity contribution in [3.63, 3.8) is 0 Å². The van der Waals surface area contributed by atoms with E-state index in [1.54, 1.807) is 32.9 Å². The van der Waals surface area contributed by atoms with Crippen LogP contribution in [-0.4, -0.2) is 26.4 Å². The first-order chi connectivity index (χ1) is 12.8. The predicted octanol–water partition coefficient (Wildman–Crippen LogP) is 5.92. The number of aryl methyl sites for hydroxylation is 3. The topological polar surface area (TPSA) is 46.2 Å². The van der Waals surface area contributed by atoms with Crippen molar-refractivity contribution in [2.75, 3.05) is 5.75 Å². The Balaban J connectivity index is 2.28. The van der Waals surface area contributed by atoms with Crippen LogP contribution in [0.4, 0.5) is 13.2 Å². The lowest BCUT2D eigenvalue weighted by molar-refractivity contribution is -0.145. The van der Waals surface area contributed by atoms with Gasteiger partial charge in [-0.1, -0.05) is 40.9 Å². The van der Waals surface area contributed by atoms with Crippen molar-refractivity contribution in [1.29, 1.82) is 0 Å². The van der Waals surface area contributed by atoms with E-state index >= 15 is 0 Å². The molecular weight excluding hydrogens is 454 g/mol. The zero-order valence-corrected chi connectivity index (χ0v) is 18.3. The Morgan fingerprint density at radius 1 is 1.04 bits per heavy atom. The van der Waals surface area contributed by atoms with Crippen molar-refractivity contribution in [2.45, 2.75) is 42.8 Å². The Morgan fingerprint density at radius 2 is 1.61 bits per heavy atom. The molecule has 0 aromatic heterocycles. The molecule has 0 aliphatic carbocycles. The first kappa shape index (κ1) is 23.3. The van der Waals surface area contributed by atoms with Gasteiger partial charge in [-0.15, -0.1) is 11.8 Å². The fourth-order valence-electron chi connectivity index (χ4n) is 2.78. The molecule has 3 nitrogen and oxygen atoms in total. The number of thioether (sulfide) groups is 1. The molecule has 0 aliphatic heterocycles. The van der Waals surface area contributed by atoms with Gasteiger partial charge in [0, 0.05) is 10.6 Å². The molecule has 0 heterocycles. The molecule has 2 rings (SSSR count). The zero-order valence-electron chi connectivity index (χ0n) is 15.2. The Labute approximate surface area is 176 Å². The van der Waals surface area contributed by atoms with Gasteiger partial charge >= 0.3 is 6.18 Å². The second-order valence-electron chi connectivity index (χ2n) is 6.33. The van der Waals surface area contributed by atoms with Gasteiger partial charge in [0.15, 0.2) is 0 Å². The number of sulfonamides is 1. The highest BCUT2D eigenvalue weighted by molar-refractivity contribution is 7.99. The van der Waals surface area contributed by atoms with Crippen molar-refractivity contribution < 1.29 is 21.6 Å². The zero-order chi connectivity index (χ0) is 21.3. The minimum absolute atomic E-state index is 0.133. The number of rotatable bonds is 6. The molecule has 1 N–H and O–H groups in total. The van der Waals surface area contributed by atoms with Crippen molar-refractivity contribution in [3.8, 4) is 0 Å². The van der Waals surface area contributed by atoms with E-state index in [1.165, 1.54) is 18.2 Å². The maximum Gasteiger partial charge on any atom is 0.405 e. The van der Waals surface area contributed by atoms with Gasteiger partial charge in [-0.25, -0.2) is 8.42 Å². The standard InChI is InChI=1S/C18H18Cl2F3NO2S2/c1-10-6-11(2)17(12(3)7-10)28(25,26)24-16(18(21,22)23)9-27-13-4-5-14(19)15(20)8-13/h4-8,16,24H,9H2,1-3H3. The van der Waals surface area contributed by atoms with Gasteiger partial charge in [-0.2, -0.15) is 17.9 Å². The number of halogens is 5. The van der Waals surface area contributed by atoms with Gasteiger partial charge < -0.3 is 0 Å². The van der Waals surface area contributed by atoms with Crippen LogP contribution in [0.2, 0.25) is 10.0 Å². The van der Waals surface area contributed by atoms with Crippen molar-refractivity contribution >= 4 is 45.0 Å². The summed E-state index contributed by atoms with van der Waals surface area (Å²) >= 11 is 12.5. The van der Waals surface area contributed by atoms with Crippen molar-refractivity contribution in [3.05, 3.63) is 57.1 Å². The van der Waals surface area contributed by atoms with Gasteiger partial charge in [-0.05, 0) is 50.1 Å². The van der Waals surface area contributed by atoms with E-state index in [4.69, 9.17) is 23.2 Å². The Kier molecular flexibility index (Phi) is 7.37. The Hall–Kier alpha value is -0.930. The van der Waals surface area contributed by atoms with Crippen LogP contribution < -0.4 is 4.72 Å². The summed E-state index contributed by atoms with van der Waals surface area (Å²) < 4.78 is 67.7. The van der Waals surface area contributed by atoms with E-state index in [0.29, 0.717) is 16.0 Å². The fraction of sp³-hybridized carbons (Fsp3) is 0.333. The number of alkyl halides is 3. The summed E-state index contributed by atoms with van der Waals surface area (Å²) in [5, 5.41) is 0.492. The summed E-state index contributed by atoms with van der Waals surface area (Å²) in [6.45, 7) is 4.90. The van der Waals surface area contributed by atoms with Crippen molar-refractivity contribution in [1.82, 2.24) is 4.72 Å². The van der Waals surface area contributed by atoms with Crippen LogP contribution in [0, 0.1) is 20.8 Å². The van der Waals surface area contributed by atoms with E-state index in [9.17, 15) is 21.6 Å². The average molecular weight is 472 g/mol. The summed E-state index contributed by atoms with van der Waals surface area (Å²) in [7, 11) is -4.37. The molecule has 1 unspecified atom stereocenters. The largest absolute Gasteiger partial charge is 0.405 e. The minimum atomic E-state index is -4.76. The van der Waals surface area contributed by atoms with Crippen LogP contribution in [0.5, 0.6) is 0 Å². The third-order valence-electron chi connectivity index (χ3n) is 3.87. The number of hydrogen-bond donors (Lipinski definition) is 1. The van der Waals surface area contributed by atoms with Crippen LogP contribution in [0.3, 0.4) is 0 Å². The normalized spacial score (nSPS) is 13.6. The maximum atomic E-state index is 13.5. The van der Waals surface area contributed by atoms with E-state index in [0.717, 1.165) is 17.3 Å². The highest BCUT2D eigenvalue weighted by atomic mass is 35.5. The van der Waals surface area contributed by atoms with Gasteiger partial charge in [0.05, 0.1) is 14.9 Å². The molecule has 0 fully saturated rings. The van der Waals surface area contributed by atoms with Crippen LogP contribution in [-0.2, 0) is 10.0 Å². The third-order valence-corrected chi connectivity index (χ3v) is 7.48. The number of hydrogen-bond acceptors (Lipinski definition) is 3. The monoisotopic (exact) mass is 471 g/mol. The maximum absolute atomic E-state index is 13.5. The molecular formula is C18H18Cl2F3NO2S2. The Bertz CT molecular complexity index is 956. The summed E-state index contributed by atoms with van der Waals surface area (Å²) in [5.74, 6) is -0.551. The molecule has 0 aliphatic rings. The van der Waals surface area contributed by atoms with E-state index < -0.39 is 28.0 Å². The summed E-state index contributed by atoms with van der Waals surface area (Å²) in [4.78, 5) is 0.317. The number of benzene rings is 2. The second-order valence-corrected chi connectivity index (χ2v) is 9.89. The van der Waals surface area contributed by atoms with E-state index in [-0.39, 0.29) is 14.9 Å². The molecule has 2 aromatic carbocycles. The molecule has 0 spiro atoms. The summed E-state index contributed by atoms with van der Waals surface area (Å²) in [6.07, 6.45) is -4.76. The SMILES string of the molecule is Cc1cc(C)c(S(=O)(=O)NC(CSc2ccc(Cl)c(Cl)c2)C(F)(F)F)c(C)c1. The molecule has 154 valence electrons. The van der Waals surface area contributed by atoms with Gasteiger partial charge in [0.2, 0.25) is 10.0 Å². The Morgan fingerprint density at radius 3 is 2.11 bits per heavy atom. The molecule has 0 saturated carbocycles. The fourth-order valence-corrected chi connectivity index (χ4v) is 5.92. The highest BCUT2D eigenvalue weighted by Crippen LogP contribution is 2.32. The molecule has 1 atom stereocenters. The van der Waals surface area contributed by atoms with Crippen LogP contribution in [0.1, 0.15) is 16.7 Å². The summed E-state index contributed by atoms with van der Waals surface area (Å²) in [6, 6.07) is 5.40. The lowest BCUT2D eigenvalue weighted by atomic mass is 10.1. The summed E-state index contributed by atoms with van der Waals surface area (Å²) in [5.41, 5.74) is 1.61. The predicted molar refractivity (Wildman–Crippen MR) is 108 cm³/mol. The number of nitrogens with one attached hydrogen (secondary N) is 1. The molecule has 10 heteroatoms. The molecule has 2 aromatic rings. The molecule has 28 heavy (non-hydrogen) atoms. The third kappa shape index (κ3) is 5.79. The second kappa shape index (κ2) is 8.83. The van der Waals surface area contributed by atoms with E-state index in [2.05, 4.69) is 0 Å². The average Bonchev–Trinajstić information content (AvgIpc) is 2.52. The molecule has 0 radical (unpaired) electrons. The van der Waals surface area contributed by atoms with E-state index in [1.807, 2.05) is 4.72 Å². The minimum Gasteiger partial charge on any atom is -0.207 e. The lowest BCUT2D eigenvalue weighted by Gasteiger charge is -2.22. The lowest BCUT2D eigenvalue weighted by Crippen LogP contribution is -2.47. The van der Waals surface area contributed by atoms with Gasteiger partial charge in [0.25, 0.3) is 0 Å². The van der Waals surface area contributed by atoms with Crippen LogP contribution in [0.25, 0.3) is 0 Å². The first-order valence-electron chi connectivity index (χ1n) is 8.06. The molecule has 0 saturated heterocycles. The van der Waals surface area contributed by atoms with Gasteiger partial charge in [0.1, 0.15) is 6.04 Å². The highest BCUT2D eigenvalue weighted by Gasteiger charge is 2.42. The van der Waals surface area contributed by atoms with Crippen LogP contribution >= 0.6 is 35.0 Å². The molecule has 0 bridgehead atoms. The quantitative estimate of drug-likeness (QED) is 0.531. The first-order valence-corrected chi connectivity index (χ1v) is 11.3. The molecule has 0 amide bonds. The van der Waals surface area contributed by atoms with Gasteiger partial charge in [-0.3, -0.25) is 0 Å². The van der Waals surface area contributed by atoms with Crippen molar-refractivity contribution in [2.24, 2.45) is 0 Å². The van der Waals surface area contributed by atoms with Crippen LogP contribution in [0.15, 0.2) is 40.1 Å². The smallest absolute Gasteiger partial charge is 0.207 e.